The Labute approximate surface area is 303 Å². The van der Waals surface area contributed by atoms with E-state index >= 15 is 0 Å². The second-order valence-corrected chi connectivity index (χ2v) is 14.3. The molecule has 5 nitrogen and oxygen atoms in total. The SMILES string of the molecule is Cc1ccnc(-n2c3[c-]c(Oc4[c-]c(-n5nc(C(C)C)c(-c6cccc(C(C)(C)C)c6)c5C(C)C)ccc4)ccc3c3ccccc32)c1.[Pd+2]. The van der Waals surface area contributed by atoms with Crippen molar-refractivity contribution in [2.75, 3.05) is 0 Å². The largest absolute Gasteiger partial charge is 2.00 e. The van der Waals surface area contributed by atoms with Gasteiger partial charge in [-0.2, -0.15) is 17.2 Å². The normalized spacial score (nSPS) is 11.9. The Balaban J connectivity index is 0.00000417. The second kappa shape index (κ2) is 13.4. The van der Waals surface area contributed by atoms with Crippen molar-refractivity contribution >= 4 is 21.8 Å². The molecule has 0 aliphatic heterocycles. The van der Waals surface area contributed by atoms with Crippen molar-refractivity contribution < 1.29 is 25.2 Å². The fourth-order valence-corrected chi connectivity index (χ4v) is 6.56. The zero-order valence-corrected chi connectivity index (χ0v) is 31.0. The van der Waals surface area contributed by atoms with Crippen molar-refractivity contribution in [1.29, 1.82) is 0 Å². The van der Waals surface area contributed by atoms with Crippen LogP contribution in [0.15, 0.2) is 97.2 Å². The van der Waals surface area contributed by atoms with Gasteiger partial charge in [0, 0.05) is 28.8 Å². The Morgan fingerprint density at radius 2 is 1.51 bits per heavy atom. The van der Waals surface area contributed by atoms with Crippen LogP contribution in [0.4, 0.5) is 0 Å². The summed E-state index contributed by atoms with van der Waals surface area (Å²) >= 11 is 0. The van der Waals surface area contributed by atoms with Crippen molar-refractivity contribution in [3.8, 4) is 34.1 Å². The molecule has 250 valence electrons. The van der Waals surface area contributed by atoms with Gasteiger partial charge in [-0.15, -0.1) is 35.7 Å². The van der Waals surface area contributed by atoms with Gasteiger partial charge in [-0.3, -0.25) is 4.68 Å². The molecular formula is C43H42N4OPd. The molecule has 6 heteroatoms. The minimum absolute atomic E-state index is 0. The van der Waals surface area contributed by atoms with Crippen molar-refractivity contribution in [3.05, 3.63) is 132 Å². The minimum atomic E-state index is 0. The monoisotopic (exact) mass is 736 g/mol. The van der Waals surface area contributed by atoms with E-state index in [0.717, 1.165) is 44.6 Å². The van der Waals surface area contributed by atoms with Gasteiger partial charge in [0.15, 0.2) is 0 Å². The minimum Gasteiger partial charge on any atom is -0.509 e. The van der Waals surface area contributed by atoms with Crippen LogP contribution < -0.4 is 4.74 Å². The molecular weight excluding hydrogens is 695 g/mol. The van der Waals surface area contributed by atoms with Crippen molar-refractivity contribution in [3.63, 3.8) is 0 Å². The van der Waals surface area contributed by atoms with Gasteiger partial charge < -0.3 is 9.30 Å². The Hall–Kier alpha value is -4.50. The molecule has 0 amide bonds. The number of fused-ring (bicyclic) bond motifs is 3. The van der Waals surface area contributed by atoms with E-state index in [1.807, 2.05) is 30.5 Å². The van der Waals surface area contributed by atoms with Gasteiger partial charge in [0.05, 0.1) is 11.4 Å². The van der Waals surface area contributed by atoms with Crippen LogP contribution >= 0.6 is 0 Å². The van der Waals surface area contributed by atoms with Crippen molar-refractivity contribution in [1.82, 2.24) is 19.3 Å². The molecule has 7 rings (SSSR count). The van der Waals surface area contributed by atoms with E-state index < -0.39 is 0 Å². The fourth-order valence-electron chi connectivity index (χ4n) is 6.56. The predicted molar refractivity (Wildman–Crippen MR) is 197 cm³/mol. The van der Waals surface area contributed by atoms with E-state index in [9.17, 15) is 0 Å². The van der Waals surface area contributed by atoms with Gasteiger partial charge in [0.2, 0.25) is 0 Å². The quantitative estimate of drug-likeness (QED) is 0.121. The summed E-state index contributed by atoms with van der Waals surface area (Å²) in [6, 6.07) is 38.6. The first-order chi connectivity index (χ1) is 23.0. The summed E-state index contributed by atoms with van der Waals surface area (Å²) in [4.78, 5) is 4.71. The molecule has 0 saturated carbocycles. The summed E-state index contributed by atoms with van der Waals surface area (Å²) < 4.78 is 10.7. The summed E-state index contributed by atoms with van der Waals surface area (Å²) in [5.41, 5.74) is 10.0. The zero-order valence-electron chi connectivity index (χ0n) is 29.4. The summed E-state index contributed by atoms with van der Waals surface area (Å²) in [5, 5.41) is 7.50. The number of benzene rings is 4. The van der Waals surface area contributed by atoms with Crippen LogP contribution in [0.25, 0.3) is 44.4 Å². The van der Waals surface area contributed by atoms with Crippen LogP contribution in [-0.4, -0.2) is 19.3 Å². The molecule has 0 bridgehead atoms. The summed E-state index contributed by atoms with van der Waals surface area (Å²) in [6.45, 7) is 17.8. The Kier molecular flexibility index (Phi) is 9.42. The first-order valence-corrected chi connectivity index (χ1v) is 16.8. The molecule has 7 aromatic rings. The van der Waals surface area contributed by atoms with Gasteiger partial charge in [0.25, 0.3) is 0 Å². The molecule has 0 aliphatic carbocycles. The second-order valence-electron chi connectivity index (χ2n) is 14.3. The van der Waals surface area contributed by atoms with Crippen LogP contribution in [-0.2, 0) is 25.8 Å². The number of hydrogen-bond acceptors (Lipinski definition) is 3. The molecule has 0 fully saturated rings. The molecule has 3 heterocycles. The number of hydrogen-bond donors (Lipinski definition) is 0. The number of rotatable bonds is 7. The van der Waals surface area contributed by atoms with Gasteiger partial charge in [-0.25, -0.2) is 4.98 Å². The zero-order chi connectivity index (χ0) is 33.7. The maximum absolute atomic E-state index is 6.50. The molecule has 0 spiro atoms. The number of aryl methyl sites for hydroxylation is 1. The molecule has 49 heavy (non-hydrogen) atoms. The third-order valence-corrected chi connectivity index (χ3v) is 8.95. The van der Waals surface area contributed by atoms with Gasteiger partial charge in [0.1, 0.15) is 5.82 Å². The van der Waals surface area contributed by atoms with E-state index in [1.54, 1.807) is 0 Å². The summed E-state index contributed by atoms with van der Waals surface area (Å²) in [6.07, 6.45) is 1.85. The van der Waals surface area contributed by atoms with Crippen LogP contribution in [0.5, 0.6) is 11.5 Å². The molecule has 0 saturated heterocycles. The van der Waals surface area contributed by atoms with E-state index in [0.29, 0.717) is 11.5 Å². The molecule has 0 radical (unpaired) electrons. The van der Waals surface area contributed by atoms with E-state index in [-0.39, 0.29) is 37.7 Å². The number of ether oxygens (including phenoxy) is 1. The van der Waals surface area contributed by atoms with Gasteiger partial charge in [-0.05, 0) is 70.1 Å². The third kappa shape index (κ3) is 6.48. The van der Waals surface area contributed by atoms with Crippen LogP contribution in [0.3, 0.4) is 0 Å². The van der Waals surface area contributed by atoms with Crippen LogP contribution in [0.1, 0.15) is 82.8 Å². The Morgan fingerprint density at radius 1 is 0.755 bits per heavy atom. The molecule has 0 atom stereocenters. The molecule has 0 aliphatic rings. The standard InChI is InChI=1S/C43H42N4O.Pd/c1-27(2)41-40(30-13-11-14-31(24-30)43(6,7)8)42(28(3)4)47(45-41)32-15-12-16-33(25-32)48-34-19-20-36-35-17-9-10-18-37(35)46(38(36)26-34)39-23-29(5)21-22-44-39;/h9-24,27-28H,1-8H3;/q-2;+2. The smallest absolute Gasteiger partial charge is 0.509 e. The topological polar surface area (TPSA) is 44.9 Å². The average Bonchev–Trinajstić information content (AvgIpc) is 3.62. The van der Waals surface area contributed by atoms with Gasteiger partial charge in [-0.1, -0.05) is 96.4 Å². The van der Waals surface area contributed by atoms with Crippen molar-refractivity contribution in [2.24, 2.45) is 0 Å². The number of pyridine rings is 1. The van der Waals surface area contributed by atoms with Crippen LogP contribution in [0, 0.1) is 19.1 Å². The summed E-state index contributed by atoms with van der Waals surface area (Å²) in [7, 11) is 0. The molecule has 0 N–H and O–H groups in total. The number of para-hydroxylation sites is 1. The van der Waals surface area contributed by atoms with Gasteiger partial charge >= 0.3 is 20.4 Å². The first kappa shape index (κ1) is 34.4. The molecule has 3 aromatic heterocycles. The average molecular weight is 737 g/mol. The van der Waals surface area contributed by atoms with E-state index in [4.69, 9.17) is 14.8 Å². The van der Waals surface area contributed by atoms with Crippen LogP contribution in [0.2, 0.25) is 0 Å². The number of aromatic nitrogens is 4. The third-order valence-electron chi connectivity index (χ3n) is 8.95. The molecule has 4 aromatic carbocycles. The van der Waals surface area contributed by atoms with Crippen molar-refractivity contribution in [2.45, 2.75) is 72.6 Å². The molecule has 0 unspecified atom stereocenters. The summed E-state index contributed by atoms with van der Waals surface area (Å²) in [5.74, 6) is 2.54. The first-order valence-electron chi connectivity index (χ1n) is 16.8. The number of nitrogens with zero attached hydrogens (tertiary/aromatic N) is 4. The maximum atomic E-state index is 6.50. The Bertz CT molecular complexity index is 2290. The predicted octanol–water partition coefficient (Wildman–Crippen LogP) is 11.3. The van der Waals surface area contributed by atoms with E-state index in [1.165, 1.54) is 22.4 Å². The maximum Gasteiger partial charge on any atom is 2.00 e. The Morgan fingerprint density at radius 3 is 2.24 bits per heavy atom. The van der Waals surface area contributed by atoms with E-state index in [2.05, 4.69) is 144 Å². The fraction of sp³-hybridized carbons (Fsp3) is 0.256.